The summed E-state index contributed by atoms with van der Waals surface area (Å²) in [5, 5.41) is 3.52. The Morgan fingerprint density at radius 2 is 1.95 bits per heavy atom. The second-order valence-electron chi connectivity index (χ2n) is 6.35. The maximum absolute atomic E-state index is 4.14. The molecule has 1 aromatic rings. The van der Waals surface area contributed by atoms with Crippen molar-refractivity contribution in [3.8, 4) is 0 Å². The van der Waals surface area contributed by atoms with Crippen LogP contribution in [0.1, 0.15) is 31.2 Å². The number of pyridine rings is 1. The van der Waals surface area contributed by atoms with E-state index < -0.39 is 0 Å². The average Bonchev–Trinajstić information content (AvgIpc) is 3.08. The fourth-order valence-electron chi connectivity index (χ4n) is 3.59. The van der Waals surface area contributed by atoms with Crippen LogP contribution >= 0.6 is 0 Å². The monoisotopic (exact) mass is 288 g/mol. The van der Waals surface area contributed by atoms with Crippen molar-refractivity contribution >= 4 is 0 Å². The number of rotatable bonds is 6. The third-order valence-electron chi connectivity index (χ3n) is 4.90. The van der Waals surface area contributed by atoms with Crippen molar-refractivity contribution in [2.45, 2.75) is 38.3 Å². The predicted molar refractivity (Wildman–Crippen MR) is 86.2 cm³/mol. The van der Waals surface area contributed by atoms with E-state index in [4.69, 9.17) is 0 Å². The lowest BCUT2D eigenvalue weighted by Crippen LogP contribution is -2.50. The first kappa shape index (κ1) is 14.9. The molecule has 1 N–H and O–H groups in total. The van der Waals surface area contributed by atoms with E-state index in [0.29, 0.717) is 0 Å². The Labute approximate surface area is 128 Å². The first-order chi connectivity index (χ1) is 10.4. The van der Waals surface area contributed by atoms with Crippen molar-refractivity contribution in [2.24, 2.45) is 0 Å². The molecule has 2 aliphatic rings. The summed E-state index contributed by atoms with van der Waals surface area (Å²) >= 11 is 0. The summed E-state index contributed by atoms with van der Waals surface area (Å²) in [7, 11) is 0. The van der Waals surface area contributed by atoms with E-state index in [-0.39, 0.29) is 0 Å². The van der Waals surface area contributed by atoms with Crippen molar-refractivity contribution in [3.63, 3.8) is 0 Å². The molecule has 4 nitrogen and oxygen atoms in total. The molecule has 4 heteroatoms. The lowest BCUT2D eigenvalue weighted by atomic mass is 10.2. The van der Waals surface area contributed by atoms with Gasteiger partial charge in [-0.15, -0.1) is 0 Å². The summed E-state index contributed by atoms with van der Waals surface area (Å²) in [5.41, 5.74) is 1.27. The molecule has 1 saturated carbocycles. The Kier molecular flexibility index (Phi) is 5.60. The van der Waals surface area contributed by atoms with Crippen LogP contribution < -0.4 is 5.32 Å². The summed E-state index contributed by atoms with van der Waals surface area (Å²) in [6, 6.07) is 5.02. The second kappa shape index (κ2) is 7.87. The van der Waals surface area contributed by atoms with Gasteiger partial charge in [-0.2, -0.15) is 0 Å². The van der Waals surface area contributed by atoms with Gasteiger partial charge in [0.05, 0.1) is 0 Å². The average molecular weight is 288 g/mol. The highest BCUT2D eigenvalue weighted by atomic mass is 15.3. The van der Waals surface area contributed by atoms with Crippen molar-refractivity contribution in [1.82, 2.24) is 20.1 Å². The highest BCUT2D eigenvalue weighted by molar-refractivity contribution is 5.07. The van der Waals surface area contributed by atoms with Gasteiger partial charge in [-0.1, -0.05) is 18.9 Å². The Morgan fingerprint density at radius 1 is 1.14 bits per heavy atom. The highest BCUT2D eigenvalue weighted by Gasteiger charge is 2.25. The van der Waals surface area contributed by atoms with Crippen LogP contribution in [0, 0.1) is 0 Å². The smallest absolute Gasteiger partial charge is 0.0312 e. The van der Waals surface area contributed by atoms with Gasteiger partial charge in [0.15, 0.2) is 0 Å². The lowest BCUT2D eigenvalue weighted by Gasteiger charge is -2.38. The predicted octanol–water partition coefficient (Wildman–Crippen LogP) is 1.73. The molecule has 2 fully saturated rings. The molecular formula is C17H28N4. The molecule has 0 atom stereocenters. The fraction of sp³-hybridized carbons (Fsp3) is 0.706. The fourth-order valence-corrected chi connectivity index (χ4v) is 3.59. The van der Waals surface area contributed by atoms with E-state index in [9.17, 15) is 0 Å². The molecule has 1 aromatic heterocycles. The number of nitrogens with one attached hydrogen (secondary N) is 1. The first-order valence-corrected chi connectivity index (χ1v) is 8.48. The molecule has 0 radical (unpaired) electrons. The van der Waals surface area contributed by atoms with Crippen molar-refractivity contribution in [1.29, 1.82) is 0 Å². The zero-order valence-electron chi connectivity index (χ0n) is 13.0. The molecule has 0 spiro atoms. The molecule has 1 aliphatic carbocycles. The Bertz CT molecular complexity index is 395. The Morgan fingerprint density at radius 3 is 2.67 bits per heavy atom. The number of piperazine rings is 1. The minimum Gasteiger partial charge on any atom is -0.311 e. The van der Waals surface area contributed by atoms with Gasteiger partial charge in [0, 0.05) is 64.2 Å². The van der Waals surface area contributed by atoms with Gasteiger partial charge in [0.25, 0.3) is 0 Å². The van der Waals surface area contributed by atoms with Crippen LogP contribution in [-0.2, 0) is 6.54 Å². The van der Waals surface area contributed by atoms with E-state index in [1.54, 1.807) is 0 Å². The Balaban J connectivity index is 1.29. The van der Waals surface area contributed by atoms with E-state index in [1.807, 2.05) is 18.5 Å². The summed E-state index contributed by atoms with van der Waals surface area (Å²) < 4.78 is 0. The van der Waals surface area contributed by atoms with Gasteiger partial charge >= 0.3 is 0 Å². The van der Waals surface area contributed by atoms with Gasteiger partial charge in [0.2, 0.25) is 0 Å². The summed E-state index contributed by atoms with van der Waals surface area (Å²) in [4.78, 5) is 9.47. The zero-order valence-corrected chi connectivity index (χ0v) is 13.0. The molecule has 21 heavy (non-hydrogen) atoms. The SMILES string of the molecule is c1cncc(CNCCN2CCN(C3CCCC3)CC2)c1. The van der Waals surface area contributed by atoms with Crippen LogP contribution in [0.2, 0.25) is 0 Å². The summed E-state index contributed by atoms with van der Waals surface area (Å²) in [6.07, 6.45) is 9.53. The second-order valence-corrected chi connectivity index (χ2v) is 6.35. The van der Waals surface area contributed by atoms with Crippen molar-refractivity contribution in [2.75, 3.05) is 39.3 Å². The molecule has 1 saturated heterocycles. The topological polar surface area (TPSA) is 31.4 Å². The molecule has 0 bridgehead atoms. The molecule has 3 rings (SSSR count). The van der Waals surface area contributed by atoms with E-state index in [2.05, 4.69) is 26.2 Å². The molecule has 0 amide bonds. The maximum atomic E-state index is 4.14. The van der Waals surface area contributed by atoms with Gasteiger partial charge in [0.1, 0.15) is 0 Å². The van der Waals surface area contributed by atoms with Gasteiger partial charge in [-0.3, -0.25) is 14.8 Å². The normalized spacial score (nSPS) is 21.9. The summed E-state index contributed by atoms with van der Waals surface area (Å²) in [6.45, 7) is 8.18. The summed E-state index contributed by atoms with van der Waals surface area (Å²) in [5.74, 6) is 0. The van der Waals surface area contributed by atoms with Gasteiger partial charge in [-0.25, -0.2) is 0 Å². The van der Waals surface area contributed by atoms with E-state index >= 15 is 0 Å². The van der Waals surface area contributed by atoms with Crippen LogP contribution in [0.4, 0.5) is 0 Å². The molecular weight excluding hydrogens is 260 g/mol. The van der Waals surface area contributed by atoms with Crippen LogP contribution in [-0.4, -0.2) is 60.1 Å². The molecule has 116 valence electrons. The van der Waals surface area contributed by atoms with Crippen LogP contribution in [0.15, 0.2) is 24.5 Å². The van der Waals surface area contributed by atoms with Crippen LogP contribution in [0.5, 0.6) is 0 Å². The van der Waals surface area contributed by atoms with Crippen LogP contribution in [0.3, 0.4) is 0 Å². The van der Waals surface area contributed by atoms with Gasteiger partial charge in [-0.05, 0) is 24.5 Å². The van der Waals surface area contributed by atoms with Crippen LogP contribution in [0.25, 0.3) is 0 Å². The van der Waals surface area contributed by atoms with E-state index in [1.165, 1.54) is 64.0 Å². The largest absolute Gasteiger partial charge is 0.311 e. The number of aromatic nitrogens is 1. The quantitative estimate of drug-likeness (QED) is 0.808. The standard InChI is InChI=1S/C17H28N4/c1-2-6-17(5-1)21-12-10-20(11-13-21)9-8-19-15-16-4-3-7-18-14-16/h3-4,7,14,17,19H,1-2,5-6,8-13,15H2. The lowest BCUT2D eigenvalue weighted by molar-refractivity contribution is 0.0984. The minimum absolute atomic E-state index is 0.899. The maximum Gasteiger partial charge on any atom is 0.0312 e. The number of hydrogen-bond acceptors (Lipinski definition) is 4. The highest BCUT2D eigenvalue weighted by Crippen LogP contribution is 2.24. The molecule has 1 aliphatic heterocycles. The van der Waals surface area contributed by atoms with Crippen molar-refractivity contribution < 1.29 is 0 Å². The first-order valence-electron chi connectivity index (χ1n) is 8.48. The van der Waals surface area contributed by atoms with Crippen molar-refractivity contribution in [3.05, 3.63) is 30.1 Å². The van der Waals surface area contributed by atoms with Gasteiger partial charge < -0.3 is 5.32 Å². The van der Waals surface area contributed by atoms with E-state index in [0.717, 1.165) is 19.1 Å². The minimum atomic E-state index is 0.899. The molecule has 0 aromatic carbocycles. The zero-order chi connectivity index (χ0) is 14.3. The third-order valence-corrected chi connectivity index (χ3v) is 4.90. The molecule has 2 heterocycles. The number of hydrogen-bond donors (Lipinski definition) is 1. The third kappa shape index (κ3) is 4.50. The number of nitrogens with zero attached hydrogens (tertiary/aromatic N) is 3. The molecule has 0 unspecified atom stereocenters. The Hall–Kier alpha value is -0.970.